The van der Waals surface area contributed by atoms with Crippen molar-refractivity contribution >= 4 is 11.9 Å². The van der Waals surface area contributed by atoms with E-state index in [9.17, 15) is 0 Å². The van der Waals surface area contributed by atoms with Gasteiger partial charge in [-0.2, -0.15) is 0 Å². The van der Waals surface area contributed by atoms with Gasteiger partial charge in [-0.05, 0) is 49.9 Å². The molecule has 20 heavy (non-hydrogen) atoms. The van der Waals surface area contributed by atoms with Gasteiger partial charge in [0.15, 0.2) is 0 Å². The van der Waals surface area contributed by atoms with Crippen LogP contribution in [0.15, 0.2) is 47.7 Å². The first-order valence-electron chi connectivity index (χ1n) is 7.41. The van der Waals surface area contributed by atoms with Gasteiger partial charge in [-0.1, -0.05) is 26.0 Å². The molecule has 0 amide bonds. The summed E-state index contributed by atoms with van der Waals surface area (Å²) in [6.45, 7) is 8.83. The zero-order valence-corrected chi connectivity index (χ0v) is 12.9. The largest absolute Gasteiger partial charge is 0.351 e. The van der Waals surface area contributed by atoms with Crippen molar-refractivity contribution in [3.05, 3.63) is 53.9 Å². The van der Waals surface area contributed by atoms with Crippen LogP contribution in [0.4, 0.5) is 5.69 Å². The Morgan fingerprint density at radius 1 is 1.10 bits per heavy atom. The molecule has 2 nitrogen and oxygen atoms in total. The van der Waals surface area contributed by atoms with E-state index in [1.165, 1.54) is 12.0 Å². The molecule has 0 aliphatic heterocycles. The summed E-state index contributed by atoms with van der Waals surface area (Å²) in [6, 6.07) is 11.1. The highest BCUT2D eigenvalue weighted by Crippen LogP contribution is 2.21. The second-order valence-corrected chi connectivity index (χ2v) is 5.64. The molecule has 2 heteroatoms. The molecule has 1 aromatic carbocycles. The van der Waals surface area contributed by atoms with Crippen molar-refractivity contribution in [1.29, 1.82) is 0 Å². The molecule has 0 radical (unpaired) electrons. The topological polar surface area (TPSA) is 17.3 Å². The molecule has 2 rings (SSSR count). The fourth-order valence-electron chi connectivity index (χ4n) is 2.10. The summed E-state index contributed by atoms with van der Waals surface area (Å²) >= 11 is 0. The minimum Gasteiger partial charge on any atom is -0.351 e. The molecular weight excluding hydrogens is 244 g/mol. The lowest BCUT2D eigenvalue weighted by Gasteiger charge is -2.08. The van der Waals surface area contributed by atoms with E-state index in [1.807, 2.05) is 6.21 Å². The summed E-state index contributed by atoms with van der Waals surface area (Å²) in [6.07, 6.45) is 7.32. The molecule has 0 bridgehead atoms. The highest BCUT2D eigenvalue weighted by molar-refractivity contribution is 5.81. The van der Waals surface area contributed by atoms with Crippen LogP contribution in [-0.2, 0) is 0 Å². The van der Waals surface area contributed by atoms with Crippen LogP contribution >= 0.6 is 0 Å². The lowest BCUT2D eigenvalue weighted by Crippen LogP contribution is -1.95. The third-order valence-corrected chi connectivity index (χ3v) is 3.77. The van der Waals surface area contributed by atoms with Gasteiger partial charge in [-0.3, -0.25) is 4.99 Å². The van der Waals surface area contributed by atoms with Crippen molar-refractivity contribution in [3.63, 3.8) is 0 Å². The van der Waals surface area contributed by atoms with Gasteiger partial charge in [0, 0.05) is 30.2 Å². The molecule has 106 valence electrons. The SMILES string of the molecule is CCC(C)c1ccc(N=Cc2ccn(C(C)C)c2)cc1. The summed E-state index contributed by atoms with van der Waals surface area (Å²) in [5.41, 5.74) is 3.54. The van der Waals surface area contributed by atoms with Crippen LogP contribution in [0.2, 0.25) is 0 Å². The number of nitrogens with zero attached hydrogens (tertiary/aromatic N) is 2. The molecule has 0 aliphatic carbocycles. The first kappa shape index (κ1) is 14.6. The van der Waals surface area contributed by atoms with Crippen molar-refractivity contribution in [2.45, 2.75) is 46.1 Å². The zero-order chi connectivity index (χ0) is 14.5. The van der Waals surface area contributed by atoms with Gasteiger partial charge in [0.2, 0.25) is 0 Å². The third kappa shape index (κ3) is 3.60. The van der Waals surface area contributed by atoms with E-state index < -0.39 is 0 Å². The normalized spacial score (nSPS) is 13.2. The van der Waals surface area contributed by atoms with Crippen molar-refractivity contribution in [3.8, 4) is 0 Å². The van der Waals surface area contributed by atoms with Crippen LogP contribution < -0.4 is 0 Å². The number of benzene rings is 1. The van der Waals surface area contributed by atoms with Crippen molar-refractivity contribution in [1.82, 2.24) is 4.57 Å². The smallest absolute Gasteiger partial charge is 0.0630 e. The van der Waals surface area contributed by atoms with E-state index in [1.54, 1.807) is 0 Å². The van der Waals surface area contributed by atoms with Crippen molar-refractivity contribution in [2.75, 3.05) is 0 Å². The molecular formula is C18H24N2. The summed E-state index contributed by atoms with van der Waals surface area (Å²) in [5, 5.41) is 0. The standard InChI is InChI=1S/C18H24N2/c1-5-15(4)17-6-8-18(9-7-17)19-12-16-10-11-20(13-16)14(2)3/h6-15H,5H2,1-4H3. The van der Waals surface area contributed by atoms with Gasteiger partial charge in [0.1, 0.15) is 0 Å². The predicted octanol–water partition coefficient (Wildman–Crippen LogP) is 5.33. The molecule has 0 spiro atoms. The number of aliphatic imine (C=N–C) groups is 1. The maximum absolute atomic E-state index is 4.54. The highest BCUT2D eigenvalue weighted by atomic mass is 15.0. The number of aromatic nitrogens is 1. The molecule has 0 N–H and O–H groups in total. The Kier molecular flexibility index (Phi) is 4.78. The summed E-state index contributed by atoms with van der Waals surface area (Å²) in [4.78, 5) is 4.54. The van der Waals surface area contributed by atoms with Crippen LogP contribution in [-0.4, -0.2) is 10.8 Å². The highest BCUT2D eigenvalue weighted by Gasteiger charge is 2.02. The first-order valence-corrected chi connectivity index (χ1v) is 7.41. The molecule has 0 saturated carbocycles. The number of rotatable bonds is 5. The van der Waals surface area contributed by atoms with Gasteiger partial charge in [-0.15, -0.1) is 0 Å². The second-order valence-electron chi connectivity index (χ2n) is 5.64. The van der Waals surface area contributed by atoms with Gasteiger partial charge < -0.3 is 4.57 Å². The predicted molar refractivity (Wildman–Crippen MR) is 87.2 cm³/mol. The van der Waals surface area contributed by atoms with Gasteiger partial charge in [-0.25, -0.2) is 0 Å². The summed E-state index contributed by atoms with van der Waals surface area (Å²) < 4.78 is 2.19. The van der Waals surface area contributed by atoms with E-state index in [-0.39, 0.29) is 0 Å². The fourth-order valence-corrected chi connectivity index (χ4v) is 2.10. The maximum atomic E-state index is 4.54. The van der Waals surface area contributed by atoms with Crippen LogP contribution in [0.25, 0.3) is 0 Å². The van der Waals surface area contributed by atoms with E-state index in [4.69, 9.17) is 0 Å². The molecule has 1 unspecified atom stereocenters. The van der Waals surface area contributed by atoms with Crippen LogP contribution in [0.3, 0.4) is 0 Å². The maximum Gasteiger partial charge on any atom is 0.0630 e. The van der Waals surface area contributed by atoms with E-state index in [0.717, 1.165) is 11.3 Å². The van der Waals surface area contributed by atoms with E-state index >= 15 is 0 Å². The summed E-state index contributed by atoms with van der Waals surface area (Å²) in [7, 11) is 0. The monoisotopic (exact) mass is 268 g/mol. The Bertz CT molecular complexity index is 561. The van der Waals surface area contributed by atoms with Gasteiger partial charge in [0.25, 0.3) is 0 Å². The van der Waals surface area contributed by atoms with Crippen LogP contribution in [0, 0.1) is 0 Å². The first-order chi connectivity index (χ1) is 9.60. The van der Waals surface area contributed by atoms with E-state index in [0.29, 0.717) is 12.0 Å². The molecule has 0 aliphatic rings. The molecule has 2 aromatic rings. The average molecular weight is 268 g/mol. The fraction of sp³-hybridized carbons (Fsp3) is 0.389. The zero-order valence-electron chi connectivity index (χ0n) is 12.9. The lowest BCUT2D eigenvalue weighted by molar-refractivity contribution is 0.603. The molecule has 1 atom stereocenters. The Morgan fingerprint density at radius 3 is 2.35 bits per heavy atom. The Morgan fingerprint density at radius 2 is 1.80 bits per heavy atom. The minimum absolute atomic E-state index is 0.493. The molecule has 1 heterocycles. The quantitative estimate of drug-likeness (QED) is 0.652. The Hall–Kier alpha value is -1.83. The lowest BCUT2D eigenvalue weighted by atomic mass is 9.99. The third-order valence-electron chi connectivity index (χ3n) is 3.77. The summed E-state index contributed by atoms with van der Waals surface area (Å²) in [5.74, 6) is 0.619. The van der Waals surface area contributed by atoms with Crippen LogP contribution in [0.1, 0.15) is 57.2 Å². The average Bonchev–Trinajstić information content (AvgIpc) is 2.94. The van der Waals surface area contributed by atoms with E-state index in [2.05, 4.69) is 80.0 Å². The Labute approximate surface area is 122 Å². The van der Waals surface area contributed by atoms with Crippen LogP contribution in [0.5, 0.6) is 0 Å². The molecule has 0 saturated heterocycles. The number of hydrogen-bond acceptors (Lipinski definition) is 1. The van der Waals surface area contributed by atoms with Gasteiger partial charge >= 0.3 is 0 Å². The number of hydrogen-bond donors (Lipinski definition) is 0. The van der Waals surface area contributed by atoms with Gasteiger partial charge in [0.05, 0.1) is 5.69 Å². The van der Waals surface area contributed by atoms with Crippen molar-refractivity contribution in [2.24, 2.45) is 4.99 Å². The van der Waals surface area contributed by atoms with Crippen molar-refractivity contribution < 1.29 is 0 Å². The Balaban J connectivity index is 2.07. The molecule has 0 fully saturated rings. The molecule has 1 aromatic heterocycles. The minimum atomic E-state index is 0.493. The second kappa shape index (κ2) is 6.56.